The monoisotopic (exact) mass is 501 g/mol. The van der Waals surface area contributed by atoms with E-state index in [2.05, 4.69) is 51.9 Å². The average Bonchev–Trinajstić information content (AvgIpc) is 2.67. The Kier molecular flexibility index (Phi) is 12.6. The van der Waals surface area contributed by atoms with Crippen LogP contribution in [0.25, 0.3) is 0 Å². The van der Waals surface area contributed by atoms with Gasteiger partial charge in [-0.05, 0) is 22.8 Å². The molecule has 12 heteroatoms. The third-order valence-electron chi connectivity index (χ3n) is 6.15. The van der Waals surface area contributed by atoms with E-state index in [0.29, 0.717) is 18.5 Å². The summed E-state index contributed by atoms with van der Waals surface area (Å²) in [7, 11) is -5.22. The van der Waals surface area contributed by atoms with Crippen LogP contribution in [0.2, 0.25) is 0 Å². The van der Waals surface area contributed by atoms with Gasteiger partial charge in [0.2, 0.25) is 0 Å². The fourth-order valence-corrected chi connectivity index (χ4v) is 4.07. The van der Waals surface area contributed by atoms with Crippen LogP contribution in [0.1, 0.15) is 48.0 Å². The van der Waals surface area contributed by atoms with Crippen LogP contribution in [-0.4, -0.2) is 72.5 Å². The van der Waals surface area contributed by atoms with E-state index >= 15 is 0 Å². The first-order valence-electron chi connectivity index (χ1n) is 10.1. The molecule has 1 aliphatic rings. The molecule has 0 aromatic heterocycles. The first kappa shape index (κ1) is 31.9. The van der Waals surface area contributed by atoms with Crippen molar-refractivity contribution in [2.75, 3.05) is 26.4 Å². The molecule has 10 N–H and O–H groups in total. The van der Waals surface area contributed by atoms with Crippen molar-refractivity contribution in [3.05, 3.63) is 23.3 Å². The van der Waals surface area contributed by atoms with Crippen LogP contribution < -0.4 is 5.73 Å². The van der Waals surface area contributed by atoms with Gasteiger partial charge in [0, 0.05) is 12.0 Å². The summed E-state index contributed by atoms with van der Waals surface area (Å²) < 4.78 is 3.60. The zero-order valence-electron chi connectivity index (χ0n) is 19.7. The molecule has 0 aromatic carbocycles. The van der Waals surface area contributed by atoms with Crippen molar-refractivity contribution in [1.29, 1.82) is 0 Å². The molecule has 0 fully saturated rings. The molecular formula is C20H41NO9P2. The zero-order valence-corrected chi connectivity index (χ0v) is 21.5. The van der Waals surface area contributed by atoms with Crippen LogP contribution >= 0.6 is 17.2 Å². The van der Waals surface area contributed by atoms with Gasteiger partial charge < -0.3 is 45.7 Å². The number of hydrogen-bond acceptors (Lipinski definition) is 10. The summed E-state index contributed by atoms with van der Waals surface area (Å²) in [4.78, 5) is 31.3. The number of aliphatic hydroxyl groups excluding tert-OH is 4. The lowest BCUT2D eigenvalue weighted by Crippen LogP contribution is -2.48. The highest BCUT2D eigenvalue weighted by Crippen LogP contribution is 2.52. The first-order valence-corrected chi connectivity index (χ1v) is 12.5. The molecule has 0 saturated carbocycles. The molecule has 1 aliphatic carbocycles. The lowest BCUT2D eigenvalue weighted by molar-refractivity contribution is -0.0679. The normalized spacial score (nSPS) is 21.2. The smallest absolute Gasteiger partial charge is 0.334 e. The van der Waals surface area contributed by atoms with Crippen molar-refractivity contribution in [3.63, 3.8) is 0 Å². The van der Waals surface area contributed by atoms with Crippen molar-refractivity contribution in [2.24, 2.45) is 27.4 Å². The minimum absolute atomic E-state index is 0.0622. The van der Waals surface area contributed by atoms with E-state index in [9.17, 15) is 20.4 Å². The van der Waals surface area contributed by atoms with E-state index in [1.807, 2.05) is 6.08 Å². The van der Waals surface area contributed by atoms with Crippen LogP contribution in [0.5, 0.6) is 0 Å². The van der Waals surface area contributed by atoms with Gasteiger partial charge in [-0.1, -0.05) is 59.3 Å². The number of hydrogen-bond donors (Lipinski definition) is 9. The van der Waals surface area contributed by atoms with Crippen LogP contribution in [0.3, 0.4) is 0 Å². The third kappa shape index (κ3) is 8.01. The second-order valence-corrected chi connectivity index (χ2v) is 11.8. The number of allylic oxidation sites excluding steroid dienone is 1. The minimum Gasteiger partial charge on any atom is -0.395 e. The summed E-state index contributed by atoms with van der Waals surface area (Å²) in [5.74, 6) is 0. The number of aliphatic hydroxyl groups is 4. The Bertz CT molecular complexity index is 624. The summed E-state index contributed by atoms with van der Waals surface area (Å²) in [5, 5.41) is 40.0. The Labute approximate surface area is 193 Å². The van der Waals surface area contributed by atoms with Crippen molar-refractivity contribution >= 4 is 17.2 Å². The van der Waals surface area contributed by atoms with Crippen LogP contribution in [0.4, 0.5) is 0 Å². The van der Waals surface area contributed by atoms with E-state index in [1.165, 1.54) is 0 Å². The second-order valence-electron chi connectivity index (χ2n) is 10.1. The van der Waals surface area contributed by atoms with Crippen LogP contribution in [-0.2, 0) is 4.31 Å². The fraction of sp³-hybridized carbons (Fsp3) is 0.800. The Morgan fingerprint density at radius 3 is 1.66 bits per heavy atom. The molecule has 32 heavy (non-hydrogen) atoms. The maximum Gasteiger partial charge on any atom is 0.334 e. The summed E-state index contributed by atoms with van der Waals surface area (Å²) in [6.07, 6.45) is 3.46. The molecule has 0 aromatic rings. The number of nitrogens with two attached hydrogens (primary N) is 1. The molecule has 0 heterocycles. The molecule has 0 amide bonds. The largest absolute Gasteiger partial charge is 0.395 e. The highest BCUT2D eigenvalue weighted by atomic mass is 31.2. The fourth-order valence-electron chi connectivity index (χ4n) is 3.55. The van der Waals surface area contributed by atoms with Gasteiger partial charge in [-0.25, -0.2) is 4.31 Å². The van der Waals surface area contributed by atoms with Gasteiger partial charge in [0.05, 0.1) is 31.3 Å². The van der Waals surface area contributed by atoms with Crippen molar-refractivity contribution in [2.45, 2.75) is 54.1 Å². The van der Waals surface area contributed by atoms with Gasteiger partial charge in [0.1, 0.15) is 0 Å². The summed E-state index contributed by atoms with van der Waals surface area (Å²) in [6.45, 7) is 11.7. The lowest BCUT2D eigenvalue weighted by Gasteiger charge is -2.48. The predicted molar refractivity (Wildman–Crippen MR) is 125 cm³/mol. The molecule has 0 aliphatic heterocycles. The molecule has 190 valence electrons. The average molecular weight is 501 g/mol. The van der Waals surface area contributed by atoms with E-state index in [4.69, 9.17) is 25.3 Å². The van der Waals surface area contributed by atoms with Crippen molar-refractivity contribution in [3.8, 4) is 0 Å². The molecular weight excluding hydrogens is 460 g/mol. The predicted octanol–water partition coefficient (Wildman–Crippen LogP) is 1.03. The Hall–Kier alpha value is -0.0600. The van der Waals surface area contributed by atoms with Crippen LogP contribution in [0.15, 0.2) is 23.3 Å². The van der Waals surface area contributed by atoms with Crippen LogP contribution in [0, 0.1) is 21.7 Å². The second kappa shape index (κ2) is 12.6. The summed E-state index contributed by atoms with van der Waals surface area (Å²) in [5.41, 5.74) is 5.97. The molecule has 0 spiro atoms. The molecule has 0 radical (unpaired) electrons. The van der Waals surface area contributed by atoms with E-state index < -0.39 is 48.5 Å². The zero-order chi connectivity index (χ0) is 25.5. The van der Waals surface area contributed by atoms with Gasteiger partial charge in [0.25, 0.3) is 0 Å². The molecule has 1 rings (SSSR count). The van der Waals surface area contributed by atoms with Gasteiger partial charge in [-0.2, -0.15) is 0 Å². The molecule has 2 atom stereocenters. The lowest BCUT2D eigenvalue weighted by atomic mass is 9.57. The maximum atomic E-state index is 10.9. The van der Waals surface area contributed by atoms with Gasteiger partial charge in [0.15, 0.2) is 0 Å². The van der Waals surface area contributed by atoms with E-state index in [1.54, 1.807) is 0 Å². The highest BCUT2D eigenvalue weighted by Gasteiger charge is 2.46. The highest BCUT2D eigenvalue weighted by molar-refractivity contribution is 7.53. The van der Waals surface area contributed by atoms with E-state index in [0.717, 1.165) is 5.57 Å². The molecule has 10 nitrogen and oxygen atoms in total. The molecule has 2 unspecified atom stereocenters. The number of rotatable bonds is 8. The Morgan fingerprint density at radius 2 is 1.41 bits per heavy atom. The Morgan fingerprint density at radius 1 is 0.969 bits per heavy atom. The van der Waals surface area contributed by atoms with Gasteiger partial charge in [-0.15, -0.1) is 0 Å². The van der Waals surface area contributed by atoms with E-state index in [-0.39, 0.29) is 16.2 Å². The molecule has 0 saturated heterocycles. The minimum atomic E-state index is -2.61. The summed E-state index contributed by atoms with van der Waals surface area (Å²) in [6, 6.07) is 0. The maximum absolute atomic E-state index is 10.9. The van der Waals surface area contributed by atoms with Crippen molar-refractivity contribution < 1.29 is 44.3 Å². The first-order chi connectivity index (χ1) is 14.5. The third-order valence-corrected chi connectivity index (χ3v) is 7.32. The quantitative estimate of drug-likeness (QED) is 0.217. The standard InChI is InChI=1S/C20H37NO4.H4O5P2/c1-17(2,3)15-9-20(10-21,18(4,5)6)8-7-14(15)16(25)19(11-22,12-23)13-24;1-6(2)5-7(3)4/h7-8,16,22-25H,9-13,21H2,1-6H3;1-4H. The molecule has 0 bridgehead atoms. The van der Waals surface area contributed by atoms with Gasteiger partial charge >= 0.3 is 17.2 Å². The summed E-state index contributed by atoms with van der Waals surface area (Å²) >= 11 is 0. The van der Waals surface area contributed by atoms with Gasteiger partial charge in [-0.3, -0.25) is 0 Å². The topological polar surface area (TPSA) is 197 Å². The Balaban J connectivity index is 0.00000118. The van der Waals surface area contributed by atoms with Crippen molar-refractivity contribution in [1.82, 2.24) is 0 Å². The SMILES string of the molecule is CC(C)(C)C1=C(C(O)C(CO)(CO)CO)C=CC(CN)(C(C)(C)C)C1.OP(O)OP(O)O.